The highest BCUT2D eigenvalue weighted by molar-refractivity contribution is 6.08. The van der Waals surface area contributed by atoms with Crippen molar-refractivity contribution in [2.24, 2.45) is 0 Å². The van der Waals surface area contributed by atoms with Gasteiger partial charge in [0.1, 0.15) is 0 Å². The van der Waals surface area contributed by atoms with Gasteiger partial charge in [-0.2, -0.15) is 0 Å². The Kier molecular flexibility index (Phi) is 1.73. The minimum Gasteiger partial charge on any atom is -0.412 e. The van der Waals surface area contributed by atoms with Crippen LogP contribution < -0.4 is 15.3 Å². The van der Waals surface area contributed by atoms with E-state index in [9.17, 15) is 9.59 Å². The molecule has 1 N–H and O–H groups in total. The Labute approximate surface area is 73.5 Å². The molecule has 0 fully saturated rings. The number of carbonyl (C=O) groups excluding carboxylic acids is 2. The third-order valence-electron chi connectivity index (χ3n) is 1.86. The van der Waals surface area contributed by atoms with Crippen LogP contribution in [0, 0.1) is 0 Å². The molecular weight excluding hydrogens is 170 g/mol. The molecule has 1 heterocycles. The molecule has 0 saturated carbocycles. The maximum absolute atomic E-state index is 11.0. The number of fused-ring (bicyclic) bond motifs is 1. The van der Waals surface area contributed by atoms with Crippen LogP contribution >= 0.6 is 0 Å². The highest BCUT2D eigenvalue weighted by Gasteiger charge is 2.04. The van der Waals surface area contributed by atoms with Gasteiger partial charge in [0.05, 0.1) is 5.35 Å². The Bertz CT molecular complexity index is 470. The summed E-state index contributed by atoms with van der Waals surface area (Å²) in [6, 6.07) is 1.69. The molecule has 1 aliphatic rings. The van der Waals surface area contributed by atoms with Crippen LogP contribution in [0.1, 0.15) is 6.42 Å². The van der Waals surface area contributed by atoms with Gasteiger partial charge in [0, 0.05) is 18.6 Å². The lowest BCUT2D eigenvalue weighted by atomic mass is 10.1. The SMILES string of the molecule is O=COc1cc2c([nH]1)=CC(=O)CC=2. The lowest BCUT2D eigenvalue weighted by molar-refractivity contribution is -0.121. The third kappa shape index (κ3) is 1.38. The van der Waals surface area contributed by atoms with E-state index < -0.39 is 0 Å². The molecule has 0 atom stereocenters. The van der Waals surface area contributed by atoms with Crippen molar-refractivity contribution in [1.82, 2.24) is 4.98 Å². The van der Waals surface area contributed by atoms with Crippen LogP contribution in [0.15, 0.2) is 6.07 Å². The smallest absolute Gasteiger partial charge is 0.299 e. The molecule has 1 aliphatic carbocycles. The fourth-order valence-electron chi connectivity index (χ4n) is 1.29. The van der Waals surface area contributed by atoms with Gasteiger partial charge < -0.3 is 9.72 Å². The van der Waals surface area contributed by atoms with Crippen LogP contribution in [0.4, 0.5) is 0 Å². The number of nitrogens with one attached hydrogen (secondary N) is 1. The van der Waals surface area contributed by atoms with E-state index in [1.54, 1.807) is 12.1 Å². The molecule has 0 radical (unpaired) electrons. The quantitative estimate of drug-likeness (QED) is 0.594. The average molecular weight is 177 g/mol. The first kappa shape index (κ1) is 7.79. The van der Waals surface area contributed by atoms with E-state index in [1.165, 1.54) is 6.08 Å². The molecule has 0 bridgehead atoms. The first-order valence-electron chi connectivity index (χ1n) is 3.83. The van der Waals surface area contributed by atoms with Crippen molar-refractivity contribution in [2.45, 2.75) is 6.42 Å². The number of rotatable bonds is 2. The number of ether oxygens (including phenoxy) is 1. The molecule has 2 rings (SSSR count). The Morgan fingerprint density at radius 2 is 2.38 bits per heavy atom. The van der Waals surface area contributed by atoms with E-state index in [2.05, 4.69) is 9.72 Å². The minimum absolute atomic E-state index is 0.0482. The molecule has 1 aromatic rings. The third-order valence-corrected chi connectivity index (χ3v) is 1.86. The maximum Gasteiger partial charge on any atom is 0.299 e. The predicted molar refractivity (Wildman–Crippen MR) is 45.3 cm³/mol. The van der Waals surface area contributed by atoms with Gasteiger partial charge in [-0.3, -0.25) is 9.59 Å². The maximum atomic E-state index is 11.0. The summed E-state index contributed by atoms with van der Waals surface area (Å²) < 4.78 is 4.61. The highest BCUT2D eigenvalue weighted by atomic mass is 16.5. The molecule has 0 aliphatic heterocycles. The fourth-order valence-corrected chi connectivity index (χ4v) is 1.29. The lowest BCUT2D eigenvalue weighted by Crippen LogP contribution is -2.27. The zero-order valence-electron chi connectivity index (χ0n) is 6.74. The summed E-state index contributed by atoms with van der Waals surface area (Å²) in [5, 5.41) is 1.60. The molecule has 66 valence electrons. The minimum atomic E-state index is 0.0482. The largest absolute Gasteiger partial charge is 0.412 e. The van der Waals surface area contributed by atoms with Crippen LogP contribution in [-0.4, -0.2) is 17.2 Å². The van der Waals surface area contributed by atoms with Crippen molar-refractivity contribution in [3.05, 3.63) is 16.6 Å². The Morgan fingerprint density at radius 1 is 1.54 bits per heavy atom. The van der Waals surface area contributed by atoms with E-state index in [-0.39, 0.29) is 5.78 Å². The van der Waals surface area contributed by atoms with Crippen LogP contribution in [-0.2, 0) is 9.59 Å². The van der Waals surface area contributed by atoms with Crippen LogP contribution in [0.2, 0.25) is 0 Å². The molecule has 4 heteroatoms. The van der Waals surface area contributed by atoms with Crippen molar-refractivity contribution in [2.75, 3.05) is 0 Å². The second kappa shape index (κ2) is 2.90. The van der Waals surface area contributed by atoms with E-state index in [1.807, 2.05) is 0 Å². The summed E-state index contributed by atoms with van der Waals surface area (Å²) in [6.07, 6.45) is 3.71. The number of carbonyl (C=O) groups is 2. The number of hydrogen-bond donors (Lipinski definition) is 1. The van der Waals surface area contributed by atoms with E-state index in [0.717, 1.165) is 5.22 Å². The molecule has 0 unspecified atom stereocenters. The van der Waals surface area contributed by atoms with E-state index in [4.69, 9.17) is 0 Å². The zero-order chi connectivity index (χ0) is 9.26. The standard InChI is InChI=1S/C9H7NO3/c11-5-13-9-3-6-1-2-7(12)4-8(6)10-9/h1,3-5,10H,2H2. The van der Waals surface area contributed by atoms with Gasteiger partial charge in [-0.15, -0.1) is 0 Å². The normalized spacial score (nSPS) is 14.0. The van der Waals surface area contributed by atoms with Gasteiger partial charge in [0.25, 0.3) is 6.47 Å². The van der Waals surface area contributed by atoms with Crippen molar-refractivity contribution < 1.29 is 14.3 Å². The summed E-state index contributed by atoms with van der Waals surface area (Å²) in [5.74, 6) is 0.411. The molecule has 13 heavy (non-hydrogen) atoms. The van der Waals surface area contributed by atoms with Gasteiger partial charge in [-0.05, 0) is 5.22 Å². The van der Waals surface area contributed by atoms with E-state index in [0.29, 0.717) is 24.1 Å². The number of Topliss-reactive ketones (excluding diaryl/α,β-unsaturated/α-hetero) is 1. The number of aromatic amines is 1. The Hall–Kier alpha value is -1.84. The summed E-state index contributed by atoms with van der Waals surface area (Å²) >= 11 is 0. The first-order chi connectivity index (χ1) is 6.29. The molecule has 4 nitrogen and oxygen atoms in total. The second-order valence-corrected chi connectivity index (χ2v) is 2.74. The lowest BCUT2D eigenvalue weighted by Gasteiger charge is -1.91. The van der Waals surface area contributed by atoms with Crippen molar-refractivity contribution in [3.63, 3.8) is 0 Å². The van der Waals surface area contributed by atoms with Crippen molar-refractivity contribution in [1.29, 1.82) is 0 Å². The van der Waals surface area contributed by atoms with Gasteiger partial charge in [-0.1, -0.05) is 6.08 Å². The van der Waals surface area contributed by atoms with Gasteiger partial charge >= 0.3 is 0 Å². The monoisotopic (exact) mass is 177 g/mol. The number of aromatic nitrogens is 1. The summed E-state index contributed by atoms with van der Waals surface area (Å²) in [7, 11) is 0. The zero-order valence-corrected chi connectivity index (χ0v) is 6.74. The molecular formula is C9H7NO3. The highest BCUT2D eigenvalue weighted by Crippen LogP contribution is 1.99. The molecule has 0 saturated heterocycles. The Balaban J connectivity index is 2.56. The topological polar surface area (TPSA) is 59.2 Å². The number of hydrogen-bond acceptors (Lipinski definition) is 3. The van der Waals surface area contributed by atoms with Crippen LogP contribution in [0.3, 0.4) is 0 Å². The number of H-pyrrole nitrogens is 1. The second-order valence-electron chi connectivity index (χ2n) is 2.74. The van der Waals surface area contributed by atoms with Crippen LogP contribution in [0.5, 0.6) is 5.88 Å². The summed E-state index contributed by atoms with van der Waals surface area (Å²) in [5.41, 5.74) is 0. The Morgan fingerprint density at radius 3 is 3.15 bits per heavy atom. The summed E-state index contributed by atoms with van der Waals surface area (Å²) in [4.78, 5) is 23.8. The van der Waals surface area contributed by atoms with Crippen molar-refractivity contribution in [3.8, 4) is 5.88 Å². The average Bonchev–Trinajstić information content (AvgIpc) is 2.46. The van der Waals surface area contributed by atoms with Gasteiger partial charge in [-0.25, -0.2) is 0 Å². The molecule has 0 amide bonds. The number of ketones is 1. The molecule has 0 spiro atoms. The van der Waals surface area contributed by atoms with Gasteiger partial charge in [0.15, 0.2) is 5.78 Å². The first-order valence-corrected chi connectivity index (χ1v) is 3.83. The van der Waals surface area contributed by atoms with Crippen LogP contribution in [0.25, 0.3) is 12.2 Å². The predicted octanol–water partition coefficient (Wildman–Crippen LogP) is -0.916. The van der Waals surface area contributed by atoms with E-state index >= 15 is 0 Å². The molecule has 0 aromatic carbocycles. The summed E-state index contributed by atoms with van der Waals surface area (Å²) in [6.45, 7) is 0.346. The fraction of sp³-hybridized carbons (Fsp3) is 0.111. The van der Waals surface area contributed by atoms with Gasteiger partial charge in [0.2, 0.25) is 5.88 Å². The van der Waals surface area contributed by atoms with Crippen molar-refractivity contribution >= 4 is 24.4 Å². The molecule has 1 aromatic heterocycles.